The predicted molar refractivity (Wildman–Crippen MR) is 91.0 cm³/mol. The Kier molecular flexibility index (Phi) is 4.73. The molecule has 126 valence electrons. The summed E-state index contributed by atoms with van der Waals surface area (Å²) in [5.41, 5.74) is 0.818. The molecule has 0 aromatic heterocycles. The van der Waals surface area contributed by atoms with Crippen LogP contribution >= 0.6 is 0 Å². The Morgan fingerprint density at radius 2 is 2.22 bits per heavy atom. The topological polar surface area (TPSA) is 67.4 Å². The Hall–Kier alpha value is -1.40. The SMILES string of the molecule is CCOC1CC(NC(=O)Nc2cccc(S(C)=O)c2)C12CCC2. The number of carbonyl (C=O) groups excluding carboxylic acids is 1. The van der Waals surface area contributed by atoms with E-state index in [-0.39, 0.29) is 23.6 Å². The van der Waals surface area contributed by atoms with E-state index >= 15 is 0 Å². The molecule has 3 unspecified atom stereocenters. The number of rotatable bonds is 5. The summed E-state index contributed by atoms with van der Waals surface area (Å²) < 4.78 is 17.3. The molecule has 2 amide bonds. The van der Waals surface area contributed by atoms with Gasteiger partial charge in [-0.05, 0) is 44.4 Å². The van der Waals surface area contributed by atoms with Crippen LogP contribution in [0.4, 0.5) is 10.5 Å². The minimum absolute atomic E-state index is 0.153. The van der Waals surface area contributed by atoms with Gasteiger partial charge in [-0.1, -0.05) is 12.5 Å². The van der Waals surface area contributed by atoms with E-state index in [1.165, 1.54) is 6.42 Å². The van der Waals surface area contributed by atoms with E-state index in [0.29, 0.717) is 10.6 Å². The van der Waals surface area contributed by atoms with Gasteiger partial charge in [0.05, 0.1) is 6.10 Å². The zero-order valence-electron chi connectivity index (χ0n) is 13.6. The van der Waals surface area contributed by atoms with Crippen molar-refractivity contribution in [2.24, 2.45) is 5.41 Å². The lowest BCUT2D eigenvalue weighted by atomic mass is 9.51. The number of ether oxygens (including phenoxy) is 1. The number of anilines is 1. The van der Waals surface area contributed by atoms with Gasteiger partial charge in [0.2, 0.25) is 0 Å². The minimum Gasteiger partial charge on any atom is -0.378 e. The summed E-state index contributed by atoms with van der Waals surface area (Å²) in [5, 5.41) is 5.93. The number of carbonyl (C=O) groups is 1. The molecule has 0 bridgehead atoms. The number of amides is 2. The van der Waals surface area contributed by atoms with Gasteiger partial charge in [-0.3, -0.25) is 4.21 Å². The molecule has 0 radical (unpaired) electrons. The van der Waals surface area contributed by atoms with Crippen molar-refractivity contribution in [3.63, 3.8) is 0 Å². The minimum atomic E-state index is -1.06. The Morgan fingerprint density at radius 3 is 2.83 bits per heavy atom. The lowest BCUT2D eigenvalue weighted by Crippen LogP contribution is -2.68. The molecule has 3 rings (SSSR count). The molecule has 1 spiro atoms. The molecule has 23 heavy (non-hydrogen) atoms. The van der Waals surface area contributed by atoms with E-state index < -0.39 is 10.8 Å². The van der Waals surface area contributed by atoms with E-state index in [1.807, 2.05) is 6.92 Å². The average molecular weight is 336 g/mol. The Morgan fingerprint density at radius 1 is 1.43 bits per heavy atom. The highest BCUT2D eigenvalue weighted by Gasteiger charge is 2.59. The second-order valence-corrected chi connectivity index (χ2v) is 7.78. The quantitative estimate of drug-likeness (QED) is 0.869. The average Bonchev–Trinajstić information content (AvgIpc) is 2.44. The van der Waals surface area contributed by atoms with Crippen LogP contribution in [0.15, 0.2) is 29.2 Å². The fourth-order valence-electron chi connectivity index (χ4n) is 3.72. The molecule has 3 atom stereocenters. The summed E-state index contributed by atoms with van der Waals surface area (Å²) in [5.74, 6) is 0. The summed E-state index contributed by atoms with van der Waals surface area (Å²) in [4.78, 5) is 13.0. The van der Waals surface area contributed by atoms with Crippen LogP contribution in [0.2, 0.25) is 0 Å². The second kappa shape index (κ2) is 6.61. The first-order valence-electron chi connectivity index (χ1n) is 8.18. The van der Waals surface area contributed by atoms with Gasteiger partial charge in [0.25, 0.3) is 0 Å². The molecule has 6 heteroatoms. The summed E-state index contributed by atoms with van der Waals surface area (Å²) in [6.45, 7) is 2.75. The first-order valence-corrected chi connectivity index (χ1v) is 9.73. The van der Waals surface area contributed by atoms with Crippen LogP contribution < -0.4 is 10.6 Å². The smallest absolute Gasteiger partial charge is 0.319 e. The first-order chi connectivity index (χ1) is 11.0. The van der Waals surface area contributed by atoms with Gasteiger partial charge in [0.1, 0.15) is 0 Å². The number of urea groups is 1. The molecule has 2 aliphatic rings. The fourth-order valence-corrected chi connectivity index (χ4v) is 4.28. The van der Waals surface area contributed by atoms with Crippen LogP contribution in [0.25, 0.3) is 0 Å². The molecule has 2 fully saturated rings. The van der Waals surface area contributed by atoms with E-state index in [0.717, 1.165) is 25.9 Å². The molecule has 0 aliphatic heterocycles. The van der Waals surface area contributed by atoms with Crippen molar-refractivity contribution in [1.29, 1.82) is 0 Å². The molecule has 0 heterocycles. The van der Waals surface area contributed by atoms with Crippen molar-refractivity contribution in [3.05, 3.63) is 24.3 Å². The van der Waals surface area contributed by atoms with Crippen molar-refractivity contribution in [1.82, 2.24) is 5.32 Å². The molecule has 0 saturated heterocycles. The Labute approximate surface area is 139 Å². The van der Waals surface area contributed by atoms with Gasteiger partial charge in [-0.25, -0.2) is 4.79 Å². The van der Waals surface area contributed by atoms with Crippen molar-refractivity contribution >= 4 is 22.5 Å². The number of benzene rings is 1. The summed E-state index contributed by atoms with van der Waals surface area (Å²) in [6.07, 6.45) is 6.28. The lowest BCUT2D eigenvalue weighted by molar-refractivity contribution is -0.169. The highest BCUT2D eigenvalue weighted by atomic mass is 32.2. The van der Waals surface area contributed by atoms with Crippen LogP contribution in [0, 0.1) is 5.41 Å². The maximum absolute atomic E-state index is 12.3. The molecular formula is C17H24N2O3S. The molecule has 1 aromatic carbocycles. The van der Waals surface area contributed by atoms with Gasteiger partial charge in [0, 0.05) is 45.7 Å². The van der Waals surface area contributed by atoms with Crippen LogP contribution in [0.3, 0.4) is 0 Å². The number of hydrogen-bond acceptors (Lipinski definition) is 3. The molecule has 2 N–H and O–H groups in total. The second-order valence-electron chi connectivity index (χ2n) is 6.40. The van der Waals surface area contributed by atoms with Crippen molar-refractivity contribution in [2.45, 2.75) is 49.6 Å². The van der Waals surface area contributed by atoms with E-state index in [4.69, 9.17) is 4.74 Å². The number of nitrogens with one attached hydrogen (secondary N) is 2. The zero-order valence-corrected chi connectivity index (χ0v) is 14.4. The summed E-state index contributed by atoms with van der Waals surface area (Å²) in [7, 11) is -1.06. The maximum Gasteiger partial charge on any atom is 0.319 e. The maximum atomic E-state index is 12.3. The third-order valence-electron chi connectivity index (χ3n) is 5.17. The molecule has 2 aliphatic carbocycles. The molecule has 2 saturated carbocycles. The first kappa shape index (κ1) is 16.5. The number of hydrogen-bond donors (Lipinski definition) is 2. The summed E-state index contributed by atoms with van der Waals surface area (Å²) >= 11 is 0. The van der Waals surface area contributed by atoms with Crippen molar-refractivity contribution < 1.29 is 13.7 Å². The van der Waals surface area contributed by atoms with Gasteiger partial charge in [-0.15, -0.1) is 0 Å². The van der Waals surface area contributed by atoms with Crippen LogP contribution in [0.1, 0.15) is 32.6 Å². The highest BCUT2D eigenvalue weighted by Crippen LogP contribution is 2.57. The predicted octanol–water partition coefficient (Wildman–Crippen LogP) is 2.89. The molecule has 1 aromatic rings. The van der Waals surface area contributed by atoms with Crippen LogP contribution in [-0.2, 0) is 15.5 Å². The van der Waals surface area contributed by atoms with Gasteiger partial charge in [0.15, 0.2) is 0 Å². The molecule has 5 nitrogen and oxygen atoms in total. The standard InChI is InChI=1S/C17H24N2O3S/c1-3-22-15-11-14(17(15)8-5-9-17)19-16(20)18-12-6-4-7-13(10-12)23(2)21/h4,6-7,10,14-15H,3,5,8-9,11H2,1-2H3,(H2,18,19,20). The monoisotopic (exact) mass is 336 g/mol. The Balaban J connectivity index is 1.58. The van der Waals surface area contributed by atoms with E-state index in [2.05, 4.69) is 10.6 Å². The van der Waals surface area contributed by atoms with Crippen LogP contribution in [0.5, 0.6) is 0 Å². The zero-order chi connectivity index (χ0) is 16.4. The van der Waals surface area contributed by atoms with Gasteiger partial charge < -0.3 is 15.4 Å². The fraction of sp³-hybridized carbons (Fsp3) is 0.588. The van der Waals surface area contributed by atoms with Crippen LogP contribution in [-0.4, -0.2) is 35.2 Å². The Bertz CT molecular complexity index is 616. The van der Waals surface area contributed by atoms with Gasteiger partial charge >= 0.3 is 6.03 Å². The molecular weight excluding hydrogens is 312 g/mol. The highest BCUT2D eigenvalue weighted by molar-refractivity contribution is 7.84. The van der Waals surface area contributed by atoms with Crippen molar-refractivity contribution in [3.8, 4) is 0 Å². The third kappa shape index (κ3) is 3.15. The van der Waals surface area contributed by atoms with E-state index in [9.17, 15) is 9.00 Å². The normalized spacial score (nSPS) is 26.0. The largest absolute Gasteiger partial charge is 0.378 e. The van der Waals surface area contributed by atoms with E-state index in [1.54, 1.807) is 30.5 Å². The lowest BCUT2D eigenvalue weighted by Gasteiger charge is -2.60. The van der Waals surface area contributed by atoms with Crippen molar-refractivity contribution in [2.75, 3.05) is 18.2 Å². The third-order valence-corrected chi connectivity index (χ3v) is 6.08. The summed E-state index contributed by atoms with van der Waals surface area (Å²) in [6, 6.07) is 7.14. The van der Waals surface area contributed by atoms with Gasteiger partial charge in [-0.2, -0.15) is 0 Å².